The summed E-state index contributed by atoms with van der Waals surface area (Å²) in [7, 11) is 0. The van der Waals surface area contributed by atoms with Crippen LogP contribution in [0.15, 0.2) is 18.2 Å². The van der Waals surface area contributed by atoms with E-state index >= 15 is 0 Å². The second-order valence-electron chi connectivity index (χ2n) is 4.29. The van der Waals surface area contributed by atoms with E-state index in [1.165, 1.54) is 5.06 Å². The largest absolute Gasteiger partial charge is 0.484 e. The smallest absolute Gasteiger partial charge is 0.283 e. The quantitative estimate of drug-likeness (QED) is 0.802. The summed E-state index contributed by atoms with van der Waals surface area (Å²) in [5, 5.41) is 1.38. The highest BCUT2D eigenvalue weighted by molar-refractivity contribution is 5.76. The zero-order valence-corrected chi connectivity index (χ0v) is 10.2. The van der Waals surface area contributed by atoms with Crippen molar-refractivity contribution < 1.29 is 14.4 Å². The van der Waals surface area contributed by atoms with Crippen LogP contribution in [-0.2, 0) is 9.63 Å². The van der Waals surface area contributed by atoms with Gasteiger partial charge < -0.3 is 4.74 Å². The van der Waals surface area contributed by atoms with Crippen LogP contribution >= 0.6 is 0 Å². The summed E-state index contributed by atoms with van der Waals surface area (Å²) in [5.41, 5.74) is 2.26. The molecule has 1 aliphatic rings. The lowest BCUT2D eigenvalue weighted by Crippen LogP contribution is -2.31. The molecule has 0 spiro atoms. The predicted octanol–water partition coefficient (Wildman–Crippen LogP) is 1.85. The molecule has 1 aliphatic heterocycles. The first kappa shape index (κ1) is 11.9. The Labute approximate surface area is 101 Å². The average molecular weight is 235 g/mol. The van der Waals surface area contributed by atoms with Crippen LogP contribution in [0.4, 0.5) is 0 Å². The normalized spacial score (nSPS) is 15.1. The Kier molecular flexibility index (Phi) is 3.64. The molecule has 1 heterocycles. The highest BCUT2D eigenvalue weighted by atomic mass is 16.7. The number of hydroxylamine groups is 2. The van der Waals surface area contributed by atoms with Crippen LogP contribution < -0.4 is 4.74 Å². The minimum absolute atomic E-state index is 0.0306. The summed E-state index contributed by atoms with van der Waals surface area (Å²) in [4.78, 5) is 16.8. The highest BCUT2D eigenvalue weighted by Crippen LogP contribution is 2.16. The number of amides is 1. The van der Waals surface area contributed by atoms with Gasteiger partial charge in [0.05, 0.1) is 13.2 Å². The zero-order valence-electron chi connectivity index (χ0n) is 10.2. The van der Waals surface area contributed by atoms with Crippen LogP contribution in [0.2, 0.25) is 0 Å². The first-order valence-corrected chi connectivity index (χ1v) is 5.79. The van der Waals surface area contributed by atoms with Crippen molar-refractivity contribution in [3.63, 3.8) is 0 Å². The summed E-state index contributed by atoms with van der Waals surface area (Å²) in [6.45, 7) is 5.32. The minimum Gasteiger partial charge on any atom is -0.484 e. The Hall–Kier alpha value is -1.55. The molecule has 92 valence electrons. The van der Waals surface area contributed by atoms with Gasteiger partial charge in [0.1, 0.15) is 5.75 Å². The van der Waals surface area contributed by atoms with Crippen molar-refractivity contribution in [3.05, 3.63) is 29.3 Å². The van der Waals surface area contributed by atoms with Crippen LogP contribution in [0.3, 0.4) is 0 Å². The summed E-state index contributed by atoms with van der Waals surface area (Å²) >= 11 is 0. The molecule has 17 heavy (non-hydrogen) atoms. The Morgan fingerprint density at radius 3 is 2.65 bits per heavy atom. The van der Waals surface area contributed by atoms with Gasteiger partial charge in [0.25, 0.3) is 5.91 Å². The molecule has 1 saturated heterocycles. The molecule has 0 N–H and O–H groups in total. The average Bonchev–Trinajstić information content (AvgIpc) is 2.78. The van der Waals surface area contributed by atoms with Gasteiger partial charge in [0.15, 0.2) is 6.61 Å². The lowest BCUT2D eigenvalue weighted by Gasteiger charge is -2.14. The number of carbonyl (C=O) groups is 1. The van der Waals surface area contributed by atoms with E-state index in [0.29, 0.717) is 13.2 Å². The number of hydrogen-bond donors (Lipinski definition) is 0. The van der Waals surface area contributed by atoms with Gasteiger partial charge in [-0.05, 0) is 43.5 Å². The number of nitrogens with zero attached hydrogens (tertiary/aromatic N) is 1. The van der Waals surface area contributed by atoms with Crippen molar-refractivity contribution >= 4 is 5.91 Å². The van der Waals surface area contributed by atoms with E-state index in [9.17, 15) is 4.79 Å². The fraction of sp³-hybridized carbons (Fsp3) is 0.462. The zero-order chi connectivity index (χ0) is 12.3. The number of aryl methyl sites for hydroxylation is 2. The molecule has 0 bridgehead atoms. The fourth-order valence-electron chi connectivity index (χ4n) is 1.88. The molecule has 0 radical (unpaired) electrons. The number of rotatable bonds is 3. The van der Waals surface area contributed by atoms with Gasteiger partial charge in [-0.2, -0.15) is 0 Å². The van der Waals surface area contributed by atoms with Gasteiger partial charge in [-0.1, -0.05) is 6.07 Å². The molecule has 0 aromatic heterocycles. The highest BCUT2D eigenvalue weighted by Gasteiger charge is 2.19. The number of ether oxygens (including phenoxy) is 1. The van der Waals surface area contributed by atoms with Crippen molar-refractivity contribution in [1.82, 2.24) is 5.06 Å². The molecule has 1 aromatic carbocycles. The maximum atomic E-state index is 11.7. The van der Waals surface area contributed by atoms with Crippen molar-refractivity contribution in [1.29, 1.82) is 0 Å². The van der Waals surface area contributed by atoms with Gasteiger partial charge in [-0.15, -0.1) is 0 Å². The van der Waals surface area contributed by atoms with Gasteiger partial charge in [0.2, 0.25) is 0 Å². The first-order chi connectivity index (χ1) is 8.15. The van der Waals surface area contributed by atoms with Crippen LogP contribution in [0.25, 0.3) is 0 Å². The molecule has 0 aliphatic carbocycles. The molecule has 1 aromatic rings. The summed E-state index contributed by atoms with van der Waals surface area (Å²) < 4.78 is 5.47. The van der Waals surface area contributed by atoms with Gasteiger partial charge >= 0.3 is 0 Å². The second-order valence-corrected chi connectivity index (χ2v) is 4.29. The summed E-state index contributed by atoms with van der Waals surface area (Å²) in [6, 6.07) is 5.91. The Bertz CT molecular complexity index is 391. The molecule has 0 saturated carbocycles. The monoisotopic (exact) mass is 235 g/mol. The van der Waals surface area contributed by atoms with Gasteiger partial charge in [0, 0.05) is 0 Å². The van der Waals surface area contributed by atoms with Crippen LogP contribution in [-0.4, -0.2) is 30.7 Å². The number of benzene rings is 1. The topological polar surface area (TPSA) is 38.8 Å². The Morgan fingerprint density at radius 2 is 2.06 bits per heavy atom. The third kappa shape index (κ3) is 3.20. The Balaban J connectivity index is 1.90. The minimum atomic E-state index is -0.123. The number of carbonyl (C=O) groups excluding carboxylic acids is 1. The molecular weight excluding hydrogens is 218 g/mol. The van der Waals surface area contributed by atoms with Crippen molar-refractivity contribution in [2.24, 2.45) is 0 Å². The van der Waals surface area contributed by atoms with Gasteiger partial charge in [-0.3, -0.25) is 9.63 Å². The number of hydrogen-bond acceptors (Lipinski definition) is 3. The molecule has 1 amide bonds. The lowest BCUT2D eigenvalue weighted by atomic mass is 10.1. The van der Waals surface area contributed by atoms with Crippen LogP contribution in [0, 0.1) is 13.8 Å². The molecule has 4 heteroatoms. The van der Waals surface area contributed by atoms with E-state index in [4.69, 9.17) is 9.57 Å². The van der Waals surface area contributed by atoms with Crippen LogP contribution in [0.5, 0.6) is 5.75 Å². The molecule has 4 nitrogen and oxygen atoms in total. The van der Waals surface area contributed by atoms with Crippen LogP contribution in [0.1, 0.15) is 17.5 Å². The van der Waals surface area contributed by atoms with Gasteiger partial charge in [-0.25, -0.2) is 5.06 Å². The molecule has 0 atom stereocenters. The molecule has 0 unspecified atom stereocenters. The maximum Gasteiger partial charge on any atom is 0.283 e. The van der Waals surface area contributed by atoms with E-state index in [1.54, 1.807) is 0 Å². The third-order valence-electron chi connectivity index (χ3n) is 2.59. The SMILES string of the molecule is Cc1cc(C)cc(OCC(=O)N2CCCO2)c1. The third-order valence-corrected chi connectivity index (χ3v) is 2.59. The maximum absolute atomic E-state index is 11.7. The summed E-state index contributed by atoms with van der Waals surface area (Å²) in [6.07, 6.45) is 0.898. The van der Waals surface area contributed by atoms with E-state index in [-0.39, 0.29) is 12.5 Å². The second kappa shape index (κ2) is 5.19. The standard InChI is InChI=1S/C13H17NO3/c1-10-6-11(2)8-12(7-10)16-9-13(15)14-4-3-5-17-14/h6-8H,3-5,9H2,1-2H3. The first-order valence-electron chi connectivity index (χ1n) is 5.79. The predicted molar refractivity (Wildman–Crippen MR) is 63.7 cm³/mol. The molecular formula is C13H17NO3. The van der Waals surface area contributed by atoms with E-state index in [0.717, 1.165) is 23.3 Å². The Morgan fingerprint density at radius 1 is 1.35 bits per heavy atom. The summed E-state index contributed by atoms with van der Waals surface area (Å²) in [5.74, 6) is 0.608. The fourth-order valence-corrected chi connectivity index (χ4v) is 1.88. The van der Waals surface area contributed by atoms with E-state index < -0.39 is 0 Å². The lowest BCUT2D eigenvalue weighted by molar-refractivity contribution is -0.170. The van der Waals surface area contributed by atoms with Crippen molar-refractivity contribution in [3.8, 4) is 5.75 Å². The van der Waals surface area contributed by atoms with Crippen molar-refractivity contribution in [2.45, 2.75) is 20.3 Å². The van der Waals surface area contributed by atoms with E-state index in [2.05, 4.69) is 6.07 Å². The molecule has 2 rings (SSSR count). The molecule has 1 fully saturated rings. The van der Waals surface area contributed by atoms with E-state index in [1.807, 2.05) is 26.0 Å². The van der Waals surface area contributed by atoms with Crippen molar-refractivity contribution in [2.75, 3.05) is 19.8 Å².